The van der Waals surface area contributed by atoms with Crippen LogP contribution in [-0.2, 0) is 14.0 Å². The number of esters is 1. The number of methoxy groups -OCH3 is 1. The molecule has 0 heterocycles. The van der Waals surface area contributed by atoms with Gasteiger partial charge in [-0.25, -0.2) is 0 Å². The average Bonchev–Trinajstić information content (AvgIpc) is 2.80. The van der Waals surface area contributed by atoms with E-state index in [1.165, 1.54) is 26.4 Å². The number of hydrogen-bond acceptors (Lipinski definition) is 3. The fraction of sp³-hybridized carbons (Fsp3) is 0.667. The van der Waals surface area contributed by atoms with Gasteiger partial charge >= 0.3 is 5.97 Å². The average molecular weight is 447 g/mol. The molecule has 1 atom stereocenters. The lowest BCUT2D eigenvalue weighted by atomic mass is 10.2. The van der Waals surface area contributed by atoms with Crippen molar-refractivity contribution in [1.82, 2.24) is 0 Å². The van der Waals surface area contributed by atoms with E-state index in [1.54, 1.807) is 0 Å². The standard InChI is InChI=1S/C27H46O3Si/c1-6-10-11-12-17-20-23-26(30-31(7-2,8-3)9-4)24-21-18-15-13-14-16-19-22-25-27(28)29-5/h14-16,18,21,24,26H,6-13,19,22-23,25H2,1-5H3/b16-14-,18-15-,24-21+/t26-/m1/s1. The SMILES string of the molecule is CCCCCC#CC[C@H](/C=C/C=C\C/C=C\CCCC(=O)OC)O[Si](CC)(CC)CC. The van der Waals surface area contributed by atoms with Crippen molar-refractivity contribution in [1.29, 1.82) is 0 Å². The van der Waals surface area contributed by atoms with Crippen molar-refractivity contribution in [2.24, 2.45) is 0 Å². The molecule has 0 aliphatic rings. The summed E-state index contributed by atoms with van der Waals surface area (Å²) in [6.07, 6.45) is 21.5. The van der Waals surface area contributed by atoms with E-state index in [2.05, 4.69) is 80.7 Å². The van der Waals surface area contributed by atoms with Gasteiger partial charge in [0.15, 0.2) is 8.32 Å². The third-order valence-electron chi connectivity index (χ3n) is 5.66. The van der Waals surface area contributed by atoms with Gasteiger partial charge in [0.1, 0.15) is 0 Å². The van der Waals surface area contributed by atoms with Gasteiger partial charge in [0.05, 0.1) is 13.2 Å². The zero-order valence-corrected chi connectivity index (χ0v) is 21.8. The molecule has 0 bridgehead atoms. The highest BCUT2D eigenvalue weighted by molar-refractivity contribution is 6.73. The highest BCUT2D eigenvalue weighted by atomic mass is 28.4. The van der Waals surface area contributed by atoms with Crippen molar-refractivity contribution in [2.75, 3.05) is 7.11 Å². The predicted molar refractivity (Wildman–Crippen MR) is 137 cm³/mol. The molecule has 0 saturated heterocycles. The molecule has 0 radical (unpaired) electrons. The van der Waals surface area contributed by atoms with Gasteiger partial charge in [-0.2, -0.15) is 0 Å². The first-order chi connectivity index (χ1) is 15.1. The molecule has 3 nitrogen and oxygen atoms in total. The van der Waals surface area contributed by atoms with Gasteiger partial charge < -0.3 is 9.16 Å². The third-order valence-corrected chi connectivity index (χ3v) is 10.3. The van der Waals surface area contributed by atoms with Gasteiger partial charge in [-0.05, 0) is 43.8 Å². The van der Waals surface area contributed by atoms with Gasteiger partial charge in [-0.1, -0.05) is 77.0 Å². The van der Waals surface area contributed by atoms with Gasteiger partial charge in [-0.15, -0.1) is 11.8 Å². The quantitative estimate of drug-likeness (QED) is 0.0572. The number of carbonyl (C=O) groups is 1. The lowest BCUT2D eigenvalue weighted by Crippen LogP contribution is -2.39. The molecule has 0 N–H and O–H groups in total. The first kappa shape index (κ1) is 29.4. The summed E-state index contributed by atoms with van der Waals surface area (Å²) in [6, 6.07) is 3.47. The number of allylic oxidation sites excluding steroid dienone is 5. The molecular weight excluding hydrogens is 400 g/mol. The van der Waals surface area contributed by atoms with Crippen molar-refractivity contribution in [3.8, 4) is 11.8 Å². The Bertz CT molecular complexity index is 583. The molecule has 0 rings (SSSR count). The summed E-state index contributed by atoms with van der Waals surface area (Å²) in [5, 5.41) is 0. The van der Waals surface area contributed by atoms with Crippen LogP contribution in [0.4, 0.5) is 0 Å². The molecule has 0 aromatic heterocycles. The monoisotopic (exact) mass is 446 g/mol. The Hall–Kier alpha value is -1.57. The van der Waals surface area contributed by atoms with Crippen LogP contribution in [0.2, 0.25) is 18.1 Å². The van der Waals surface area contributed by atoms with Gasteiger partial charge in [0.2, 0.25) is 0 Å². The maximum absolute atomic E-state index is 11.1. The molecule has 0 saturated carbocycles. The van der Waals surface area contributed by atoms with Crippen molar-refractivity contribution >= 4 is 14.3 Å². The van der Waals surface area contributed by atoms with E-state index in [-0.39, 0.29) is 12.1 Å². The van der Waals surface area contributed by atoms with E-state index in [1.807, 2.05) is 0 Å². The molecule has 0 amide bonds. The number of carbonyl (C=O) groups excluding carboxylic acids is 1. The van der Waals surface area contributed by atoms with Crippen LogP contribution in [-0.4, -0.2) is 27.5 Å². The summed E-state index contributed by atoms with van der Waals surface area (Å²) in [7, 11) is -0.222. The molecule has 0 unspecified atom stereocenters. The Morgan fingerprint density at radius 3 is 2.32 bits per heavy atom. The van der Waals surface area contributed by atoms with E-state index >= 15 is 0 Å². The largest absolute Gasteiger partial charge is 0.469 e. The van der Waals surface area contributed by atoms with Gasteiger partial charge in [0.25, 0.3) is 0 Å². The zero-order valence-electron chi connectivity index (χ0n) is 20.8. The Kier molecular flexibility index (Phi) is 19.3. The second-order valence-corrected chi connectivity index (χ2v) is 12.6. The predicted octanol–water partition coefficient (Wildman–Crippen LogP) is 7.75. The van der Waals surface area contributed by atoms with E-state index in [0.29, 0.717) is 6.42 Å². The Morgan fingerprint density at radius 1 is 0.935 bits per heavy atom. The summed E-state index contributed by atoms with van der Waals surface area (Å²) in [6.45, 7) is 9.04. The number of rotatable bonds is 17. The maximum atomic E-state index is 11.1. The summed E-state index contributed by atoms with van der Waals surface area (Å²) >= 11 is 0. The van der Waals surface area contributed by atoms with Crippen LogP contribution in [0.25, 0.3) is 0 Å². The Labute approximate surface area is 193 Å². The second-order valence-electron chi connectivity index (χ2n) is 7.90. The third kappa shape index (κ3) is 15.8. The second kappa shape index (κ2) is 20.3. The smallest absolute Gasteiger partial charge is 0.305 e. The zero-order chi connectivity index (χ0) is 23.2. The summed E-state index contributed by atoms with van der Waals surface area (Å²) in [5.41, 5.74) is 0. The highest BCUT2D eigenvalue weighted by Crippen LogP contribution is 2.24. The number of hydrogen-bond donors (Lipinski definition) is 0. The molecule has 0 aliphatic heterocycles. The topological polar surface area (TPSA) is 35.5 Å². The molecule has 0 aromatic rings. The van der Waals surface area contributed by atoms with Crippen LogP contribution < -0.4 is 0 Å². The minimum absolute atomic E-state index is 0.0868. The van der Waals surface area contributed by atoms with Gasteiger partial charge in [-0.3, -0.25) is 4.79 Å². The highest BCUT2D eigenvalue weighted by Gasteiger charge is 2.30. The fourth-order valence-corrected chi connectivity index (χ4v) is 6.10. The molecule has 0 aliphatic carbocycles. The Morgan fingerprint density at radius 2 is 1.68 bits per heavy atom. The first-order valence-corrected chi connectivity index (χ1v) is 14.8. The van der Waals surface area contributed by atoms with E-state index in [9.17, 15) is 4.79 Å². The fourth-order valence-electron chi connectivity index (χ4n) is 3.30. The molecule has 31 heavy (non-hydrogen) atoms. The van der Waals surface area contributed by atoms with Crippen molar-refractivity contribution in [3.05, 3.63) is 36.5 Å². The van der Waals surface area contributed by atoms with Crippen molar-refractivity contribution < 1.29 is 14.0 Å². The molecule has 0 fully saturated rings. The minimum Gasteiger partial charge on any atom is -0.469 e. The Balaban J connectivity index is 4.62. The van der Waals surface area contributed by atoms with Gasteiger partial charge in [0, 0.05) is 19.3 Å². The van der Waals surface area contributed by atoms with Crippen LogP contribution in [0.1, 0.15) is 85.5 Å². The summed E-state index contributed by atoms with van der Waals surface area (Å²) in [4.78, 5) is 11.1. The molecular formula is C27H46O3Si. The molecule has 0 spiro atoms. The normalized spacial score (nSPS) is 13.1. The lowest BCUT2D eigenvalue weighted by Gasteiger charge is -2.31. The van der Waals surface area contributed by atoms with Crippen LogP contribution in [0.15, 0.2) is 36.5 Å². The van der Waals surface area contributed by atoms with Crippen molar-refractivity contribution in [2.45, 2.75) is 110 Å². The van der Waals surface area contributed by atoms with Crippen LogP contribution in [0.3, 0.4) is 0 Å². The van der Waals surface area contributed by atoms with E-state index in [0.717, 1.165) is 50.2 Å². The van der Waals surface area contributed by atoms with E-state index in [4.69, 9.17) is 4.43 Å². The van der Waals surface area contributed by atoms with Crippen LogP contribution in [0, 0.1) is 11.8 Å². The van der Waals surface area contributed by atoms with Crippen molar-refractivity contribution in [3.63, 3.8) is 0 Å². The maximum Gasteiger partial charge on any atom is 0.305 e. The first-order valence-electron chi connectivity index (χ1n) is 12.3. The summed E-state index contributed by atoms with van der Waals surface area (Å²) in [5.74, 6) is 6.55. The molecule has 176 valence electrons. The summed E-state index contributed by atoms with van der Waals surface area (Å²) < 4.78 is 11.3. The molecule has 4 heteroatoms. The molecule has 0 aromatic carbocycles. The lowest BCUT2D eigenvalue weighted by molar-refractivity contribution is -0.140. The number of ether oxygens (including phenoxy) is 1. The number of unbranched alkanes of at least 4 members (excludes halogenated alkanes) is 4. The minimum atomic E-state index is -1.65. The van der Waals surface area contributed by atoms with Crippen LogP contribution >= 0.6 is 0 Å². The van der Waals surface area contributed by atoms with Crippen LogP contribution in [0.5, 0.6) is 0 Å². The van der Waals surface area contributed by atoms with E-state index < -0.39 is 8.32 Å².